The van der Waals surface area contributed by atoms with E-state index in [0.717, 1.165) is 6.42 Å². The van der Waals surface area contributed by atoms with E-state index in [1.807, 2.05) is 27.7 Å². The number of ether oxygens (including phenoxy) is 1. The third kappa shape index (κ3) is 4.28. The zero-order valence-corrected chi connectivity index (χ0v) is 10.4. The first-order chi connectivity index (χ1) is 7.42. The highest BCUT2D eigenvalue weighted by Crippen LogP contribution is 2.16. The largest absolute Gasteiger partial charge is 0.385 e. The minimum atomic E-state index is -0.642. The van der Waals surface area contributed by atoms with Gasteiger partial charge in [-0.05, 0) is 27.2 Å². The van der Waals surface area contributed by atoms with Gasteiger partial charge in [0.05, 0.1) is 5.60 Å². The van der Waals surface area contributed by atoms with Crippen LogP contribution in [0.2, 0.25) is 0 Å². The maximum Gasteiger partial charge on any atom is 0.252 e. The summed E-state index contributed by atoms with van der Waals surface area (Å²) in [5, 5.41) is 13.4. The monoisotopic (exact) mass is 228 g/mol. The first-order valence-corrected chi connectivity index (χ1v) is 5.57. The molecule has 1 rings (SSSR count). The molecule has 0 spiro atoms. The van der Waals surface area contributed by atoms with Crippen molar-refractivity contribution in [3.8, 4) is 0 Å². The number of hydrogen-bond donors (Lipinski definition) is 1. The van der Waals surface area contributed by atoms with E-state index in [4.69, 9.17) is 9.26 Å². The molecule has 1 unspecified atom stereocenters. The van der Waals surface area contributed by atoms with Gasteiger partial charge in [0.25, 0.3) is 5.89 Å². The summed E-state index contributed by atoms with van der Waals surface area (Å²) in [6.45, 7) is 8.13. The lowest BCUT2D eigenvalue weighted by Gasteiger charge is -2.17. The van der Waals surface area contributed by atoms with Crippen LogP contribution in [0.25, 0.3) is 0 Å². The molecule has 5 heteroatoms. The molecule has 0 fully saturated rings. The van der Waals surface area contributed by atoms with Crippen LogP contribution in [-0.2, 0) is 11.3 Å². The van der Waals surface area contributed by atoms with Crippen LogP contribution in [0.4, 0.5) is 0 Å². The van der Waals surface area contributed by atoms with E-state index in [9.17, 15) is 5.11 Å². The van der Waals surface area contributed by atoms with Crippen LogP contribution in [0.3, 0.4) is 0 Å². The second-order valence-corrected chi connectivity index (χ2v) is 4.75. The molecular weight excluding hydrogens is 208 g/mol. The van der Waals surface area contributed by atoms with E-state index < -0.39 is 6.10 Å². The van der Waals surface area contributed by atoms with Crippen LogP contribution >= 0.6 is 0 Å². The summed E-state index contributed by atoms with van der Waals surface area (Å²) < 4.78 is 10.5. The summed E-state index contributed by atoms with van der Waals surface area (Å²) in [7, 11) is 0. The minimum Gasteiger partial charge on any atom is -0.385 e. The first kappa shape index (κ1) is 13.1. The van der Waals surface area contributed by atoms with E-state index in [1.165, 1.54) is 0 Å². The first-order valence-electron chi connectivity index (χ1n) is 5.57. The molecule has 0 saturated carbocycles. The van der Waals surface area contributed by atoms with Crippen molar-refractivity contribution in [1.29, 1.82) is 0 Å². The molecule has 5 nitrogen and oxygen atoms in total. The Labute approximate surface area is 95.8 Å². The normalized spacial score (nSPS) is 14.1. The Hall–Kier alpha value is -0.940. The number of nitrogens with zero attached hydrogens (tertiary/aromatic N) is 2. The Morgan fingerprint density at radius 3 is 2.69 bits per heavy atom. The van der Waals surface area contributed by atoms with E-state index >= 15 is 0 Å². The van der Waals surface area contributed by atoms with Crippen molar-refractivity contribution >= 4 is 0 Å². The molecule has 0 bridgehead atoms. The van der Waals surface area contributed by atoms with Gasteiger partial charge in [-0.2, -0.15) is 4.98 Å². The summed E-state index contributed by atoms with van der Waals surface area (Å²) in [6, 6.07) is 0. The smallest absolute Gasteiger partial charge is 0.252 e. The summed E-state index contributed by atoms with van der Waals surface area (Å²) >= 11 is 0. The van der Waals surface area contributed by atoms with Gasteiger partial charge >= 0.3 is 0 Å². The third-order valence-corrected chi connectivity index (χ3v) is 1.97. The predicted octanol–water partition coefficient (Wildman–Crippen LogP) is 2.22. The van der Waals surface area contributed by atoms with Gasteiger partial charge in [-0.1, -0.05) is 18.5 Å². The summed E-state index contributed by atoms with van der Waals surface area (Å²) in [5.41, 5.74) is -0.239. The number of hydrogen-bond acceptors (Lipinski definition) is 5. The van der Waals surface area contributed by atoms with Crippen molar-refractivity contribution < 1.29 is 14.4 Å². The lowest BCUT2D eigenvalue weighted by atomic mass is 10.2. The van der Waals surface area contributed by atoms with Crippen molar-refractivity contribution in [3.63, 3.8) is 0 Å². The number of aromatic nitrogens is 2. The fourth-order valence-electron chi connectivity index (χ4n) is 1.14. The molecule has 1 aromatic heterocycles. The minimum absolute atomic E-state index is 0.239. The molecule has 0 saturated heterocycles. The van der Waals surface area contributed by atoms with Crippen LogP contribution in [-0.4, -0.2) is 20.8 Å². The van der Waals surface area contributed by atoms with Gasteiger partial charge in [-0.25, -0.2) is 0 Å². The molecule has 92 valence electrons. The second-order valence-electron chi connectivity index (χ2n) is 4.75. The van der Waals surface area contributed by atoms with E-state index in [0.29, 0.717) is 18.1 Å². The lowest BCUT2D eigenvalue weighted by Crippen LogP contribution is -2.18. The van der Waals surface area contributed by atoms with E-state index in [1.54, 1.807) is 0 Å². The summed E-state index contributed by atoms with van der Waals surface area (Å²) in [4.78, 5) is 4.08. The average Bonchev–Trinajstić information content (AvgIpc) is 2.62. The van der Waals surface area contributed by atoms with Crippen LogP contribution < -0.4 is 0 Å². The maximum absolute atomic E-state index is 9.64. The highest BCUT2D eigenvalue weighted by atomic mass is 16.5. The van der Waals surface area contributed by atoms with E-state index in [2.05, 4.69) is 10.1 Å². The van der Waals surface area contributed by atoms with Crippen LogP contribution in [0, 0.1) is 0 Å². The fraction of sp³-hybridized carbons (Fsp3) is 0.818. The van der Waals surface area contributed by atoms with Crippen molar-refractivity contribution in [2.75, 3.05) is 0 Å². The zero-order valence-electron chi connectivity index (χ0n) is 10.4. The molecule has 0 aliphatic carbocycles. The molecule has 0 radical (unpaired) electrons. The number of rotatable bonds is 5. The quantitative estimate of drug-likeness (QED) is 0.836. The molecule has 1 atom stereocenters. The van der Waals surface area contributed by atoms with Gasteiger partial charge in [-0.15, -0.1) is 0 Å². The standard InChI is InChI=1S/C11H20N2O3/c1-5-6-8(14)10-12-9(16-13-10)7-15-11(2,3)4/h8,14H,5-7H2,1-4H3. The van der Waals surface area contributed by atoms with Gasteiger partial charge < -0.3 is 14.4 Å². The number of aliphatic hydroxyl groups excluding tert-OH is 1. The Bertz CT molecular complexity index is 317. The summed E-state index contributed by atoms with van der Waals surface area (Å²) in [6.07, 6.45) is 0.875. The van der Waals surface area contributed by atoms with Crippen molar-refractivity contribution in [2.45, 2.75) is 58.8 Å². The molecule has 0 aliphatic heterocycles. The van der Waals surface area contributed by atoms with Gasteiger partial charge in [0, 0.05) is 0 Å². The maximum atomic E-state index is 9.64. The third-order valence-electron chi connectivity index (χ3n) is 1.97. The molecule has 0 amide bonds. The Morgan fingerprint density at radius 2 is 2.12 bits per heavy atom. The molecule has 1 aromatic rings. The van der Waals surface area contributed by atoms with Crippen molar-refractivity contribution in [2.24, 2.45) is 0 Å². The van der Waals surface area contributed by atoms with Crippen molar-refractivity contribution in [3.05, 3.63) is 11.7 Å². The van der Waals surface area contributed by atoms with Crippen molar-refractivity contribution in [1.82, 2.24) is 10.1 Å². The SMILES string of the molecule is CCCC(O)c1noc(COC(C)(C)C)n1. The Kier molecular flexibility index (Phi) is 4.44. The van der Waals surface area contributed by atoms with Crippen LogP contribution in [0.5, 0.6) is 0 Å². The Morgan fingerprint density at radius 1 is 1.44 bits per heavy atom. The van der Waals surface area contributed by atoms with Crippen LogP contribution in [0.15, 0.2) is 4.52 Å². The lowest BCUT2D eigenvalue weighted by molar-refractivity contribution is -0.0260. The highest BCUT2D eigenvalue weighted by molar-refractivity contribution is 4.89. The predicted molar refractivity (Wildman–Crippen MR) is 58.7 cm³/mol. The highest BCUT2D eigenvalue weighted by Gasteiger charge is 2.17. The van der Waals surface area contributed by atoms with Gasteiger partial charge in [0.2, 0.25) is 0 Å². The molecule has 1 N–H and O–H groups in total. The zero-order chi connectivity index (χ0) is 12.2. The molecule has 0 aliphatic rings. The fourth-order valence-corrected chi connectivity index (χ4v) is 1.14. The van der Waals surface area contributed by atoms with Gasteiger partial charge in [-0.3, -0.25) is 0 Å². The molecular formula is C11H20N2O3. The summed E-state index contributed by atoms with van der Waals surface area (Å²) in [5.74, 6) is 0.745. The Balaban J connectivity index is 2.51. The molecule has 1 heterocycles. The van der Waals surface area contributed by atoms with Gasteiger partial charge in [0.15, 0.2) is 5.82 Å². The topological polar surface area (TPSA) is 68.4 Å². The number of aliphatic hydroxyl groups is 1. The molecule has 0 aromatic carbocycles. The molecule has 16 heavy (non-hydrogen) atoms. The van der Waals surface area contributed by atoms with E-state index in [-0.39, 0.29) is 12.2 Å². The second kappa shape index (κ2) is 5.41. The average molecular weight is 228 g/mol. The van der Waals surface area contributed by atoms with Crippen LogP contribution in [0.1, 0.15) is 58.4 Å². The van der Waals surface area contributed by atoms with Gasteiger partial charge in [0.1, 0.15) is 12.7 Å².